The number of hydrogen-bond acceptors (Lipinski definition) is 27. The van der Waals surface area contributed by atoms with Crippen LogP contribution in [0.25, 0.3) is 0 Å². The molecule has 0 aromatic carbocycles. The van der Waals surface area contributed by atoms with Crippen molar-refractivity contribution in [2.45, 2.75) is 316 Å². The van der Waals surface area contributed by atoms with Crippen molar-refractivity contribution >= 4 is 19.8 Å². The van der Waals surface area contributed by atoms with Crippen LogP contribution in [0, 0.1) is 0 Å². The van der Waals surface area contributed by atoms with Gasteiger partial charge in [0.25, 0.3) is 0 Å². The lowest BCUT2D eigenvalue weighted by atomic mass is 9.84. The minimum atomic E-state index is -5.74. The lowest BCUT2D eigenvalue weighted by Crippen LogP contribution is -2.69. The molecule has 10 unspecified atom stereocenters. The lowest BCUT2D eigenvalue weighted by molar-refractivity contribution is -0.364. The van der Waals surface area contributed by atoms with Gasteiger partial charge < -0.3 is 114 Å². The number of ether oxygens (including phenoxy) is 8. The molecule has 0 amide bonds. The van der Waals surface area contributed by atoms with Gasteiger partial charge in [-0.25, -0.2) is 4.57 Å². The van der Waals surface area contributed by atoms with E-state index in [2.05, 4.69) is 13.8 Å². The molecule has 1 aliphatic carbocycles. The number of carbonyl (C=O) groups is 2. The molecule has 23 atom stereocenters. The highest BCUT2D eigenvalue weighted by Crippen LogP contribution is 2.49. The molecule has 0 radical (unpaired) electrons. The van der Waals surface area contributed by atoms with E-state index in [1.165, 1.54) is 77.0 Å². The van der Waals surface area contributed by atoms with Crippen LogP contribution in [0.15, 0.2) is 0 Å². The van der Waals surface area contributed by atoms with Crippen LogP contribution in [0.4, 0.5) is 0 Å². The van der Waals surface area contributed by atoms with Crippen molar-refractivity contribution in [3.63, 3.8) is 0 Å². The Labute approximate surface area is 504 Å². The van der Waals surface area contributed by atoms with Gasteiger partial charge in [-0.3, -0.25) is 18.6 Å². The van der Waals surface area contributed by atoms with E-state index in [9.17, 15) is 90.5 Å². The highest BCUT2D eigenvalue weighted by Gasteiger charge is 2.58. The van der Waals surface area contributed by atoms with Gasteiger partial charge in [-0.15, -0.1) is 0 Å². The summed E-state index contributed by atoms with van der Waals surface area (Å²) in [6.07, 6.45) is -20.1. The van der Waals surface area contributed by atoms with Crippen molar-refractivity contribution < 1.29 is 137 Å². The summed E-state index contributed by atoms with van der Waals surface area (Å²) < 4.78 is 69.7. The Kier molecular flexibility index (Phi) is 36.5. The highest BCUT2D eigenvalue weighted by atomic mass is 31.2. The number of aliphatic hydroxyl groups excluding tert-OH is 14. The zero-order valence-electron chi connectivity index (χ0n) is 50.1. The first-order valence-electron chi connectivity index (χ1n) is 31.4. The fourth-order valence-corrected chi connectivity index (χ4v) is 11.8. The quantitative estimate of drug-likeness (QED) is 0.0223. The zero-order chi connectivity index (χ0) is 63.3. The SMILES string of the molecule is CCCCCCCCCCCCCCCC(=O)OC[C@H](COP(=O)(O)O[C@@H]1C(O[C@@H]2OC(CO[C@@H]3OC(CO)[C@H](O)C(O)[C@@H]3O)[C@H](O)C(O)[C@@H]2O)C(O)[C@@H](O)C(O)[C@H]1O[C@H]1OC(CO)[C@@H](O)C(O)[C@H]1O)OC(=O)CCCCCCCCCCCCC. The number of hydrogen-bond donors (Lipinski definition) is 15. The lowest BCUT2D eigenvalue weighted by Gasteiger charge is -2.49. The summed E-state index contributed by atoms with van der Waals surface area (Å²) in [6.45, 7) is 0.0355. The first-order chi connectivity index (χ1) is 41.1. The molecule has 506 valence electrons. The maximum absolute atomic E-state index is 14.2. The molecule has 3 heterocycles. The number of rotatable bonds is 43. The first-order valence-corrected chi connectivity index (χ1v) is 32.9. The van der Waals surface area contributed by atoms with Crippen LogP contribution >= 0.6 is 7.82 Å². The van der Waals surface area contributed by atoms with E-state index in [0.29, 0.717) is 19.3 Å². The molecular formula is C57H105O28P. The van der Waals surface area contributed by atoms with Gasteiger partial charge >= 0.3 is 19.8 Å². The Hall–Kier alpha value is -1.75. The van der Waals surface area contributed by atoms with Crippen LogP contribution in [0.5, 0.6) is 0 Å². The van der Waals surface area contributed by atoms with Gasteiger partial charge in [0.1, 0.15) is 116 Å². The maximum atomic E-state index is 14.2. The molecular weight excluding hydrogens is 1160 g/mol. The molecule has 0 aromatic rings. The summed E-state index contributed by atoms with van der Waals surface area (Å²) in [5, 5.41) is 150. The number of carbonyl (C=O) groups excluding carboxylic acids is 2. The van der Waals surface area contributed by atoms with E-state index in [0.717, 1.165) is 57.8 Å². The van der Waals surface area contributed by atoms with E-state index in [4.69, 9.17) is 46.9 Å². The molecule has 4 fully saturated rings. The third-order valence-corrected chi connectivity index (χ3v) is 17.3. The van der Waals surface area contributed by atoms with Crippen molar-refractivity contribution in [1.29, 1.82) is 0 Å². The summed E-state index contributed by atoms with van der Waals surface area (Å²) in [7, 11) is -5.74. The minimum absolute atomic E-state index is 0.0243. The molecule has 0 spiro atoms. The summed E-state index contributed by atoms with van der Waals surface area (Å²) >= 11 is 0. The van der Waals surface area contributed by atoms with Crippen LogP contribution in [0.1, 0.15) is 181 Å². The van der Waals surface area contributed by atoms with E-state index in [1.807, 2.05) is 0 Å². The second-order valence-corrected chi connectivity index (χ2v) is 24.7. The van der Waals surface area contributed by atoms with Gasteiger partial charge in [-0.1, -0.05) is 155 Å². The summed E-state index contributed by atoms with van der Waals surface area (Å²) in [5.74, 6) is -1.40. The third-order valence-electron chi connectivity index (χ3n) is 16.3. The summed E-state index contributed by atoms with van der Waals surface area (Å²) in [4.78, 5) is 37.8. The molecule has 86 heavy (non-hydrogen) atoms. The second-order valence-electron chi connectivity index (χ2n) is 23.3. The normalized spacial score (nSPS) is 35.2. The molecule has 1 saturated carbocycles. The van der Waals surface area contributed by atoms with Gasteiger partial charge in [0, 0.05) is 12.8 Å². The molecule has 0 bridgehead atoms. The maximum Gasteiger partial charge on any atom is 0.472 e. The molecule has 28 nitrogen and oxygen atoms in total. The van der Waals surface area contributed by atoms with E-state index >= 15 is 0 Å². The van der Waals surface area contributed by atoms with E-state index in [1.54, 1.807) is 0 Å². The van der Waals surface area contributed by atoms with Gasteiger partial charge in [0.05, 0.1) is 26.4 Å². The van der Waals surface area contributed by atoms with Crippen LogP contribution in [0.3, 0.4) is 0 Å². The second kappa shape index (κ2) is 41.0. The number of unbranched alkanes of at least 4 members (excludes halogenated alkanes) is 22. The molecule has 0 aromatic heterocycles. The minimum Gasteiger partial charge on any atom is -0.462 e. The highest BCUT2D eigenvalue weighted by molar-refractivity contribution is 7.47. The fraction of sp³-hybridized carbons (Fsp3) is 0.965. The van der Waals surface area contributed by atoms with E-state index < -0.39 is 188 Å². The van der Waals surface area contributed by atoms with Crippen molar-refractivity contribution in [2.75, 3.05) is 33.0 Å². The van der Waals surface area contributed by atoms with Crippen LogP contribution in [0.2, 0.25) is 0 Å². The number of aliphatic hydroxyl groups is 14. The number of phosphoric acid groups is 1. The van der Waals surface area contributed by atoms with E-state index in [-0.39, 0.29) is 12.8 Å². The van der Waals surface area contributed by atoms with Gasteiger partial charge in [-0.05, 0) is 12.8 Å². The van der Waals surface area contributed by atoms with Crippen molar-refractivity contribution in [3.05, 3.63) is 0 Å². The molecule has 4 rings (SSSR count). The molecule has 3 aliphatic heterocycles. The predicted octanol–water partition coefficient (Wildman–Crippen LogP) is 0.417. The molecule has 29 heteroatoms. The monoisotopic (exact) mass is 1270 g/mol. The molecule has 4 aliphatic rings. The Morgan fingerprint density at radius 2 is 0.767 bits per heavy atom. The molecule has 3 saturated heterocycles. The van der Waals surface area contributed by atoms with Crippen molar-refractivity contribution in [2.24, 2.45) is 0 Å². The smallest absolute Gasteiger partial charge is 0.462 e. The largest absolute Gasteiger partial charge is 0.472 e. The zero-order valence-corrected chi connectivity index (χ0v) is 51.0. The van der Waals surface area contributed by atoms with Gasteiger partial charge in [0.2, 0.25) is 0 Å². The number of esters is 2. The Morgan fingerprint density at radius 1 is 0.419 bits per heavy atom. The average Bonchev–Trinajstić information content (AvgIpc) is 0.945. The fourth-order valence-electron chi connectivity index (χ4n) is 10.9. The first kappa shape index (κ1) is 76.7. The van der Waals surface area contributed by atoms with Crippen molar-refractivity contribution in [1.82, 2.24) is 0 Å². The Balaban J connectivity index is 1.51. The Morgan fingerprint density at radius 3 is 1.19 bits per heavy atom. The van der Waals surface area contributed by atoms with Gasteiger partial charge in [0.15, 0.2) is 25.0 Å². The average molecular weight is 1270 g/mol. The van der Waals surface area contributed by atoms with Crippen LogP contribution in [-0.2, 0) is 61.1 Å². The van der Waals surface area contributed by atoms with Crippen LogP contribution in [-0.4, -0.2) is 256 Å². The van der Waals surface area contributed by atoms with Crippen LogP contribution < -0.4 is 0 Å². The summed E-state index contributed by atoms with van der Waals surface area (Å²) in [6, 6.07) is 0. The van der Waals surface area contributed by atoms with Gasteiger partial charge in [-0.2, -0.15) is 0 Å². The Bertz CT molecular complexity index is 1880. The van der Waals surface area contributed by atoms with Crippen molar-refractivity contribution in [3.8, 4) is 0 Å². The predicted molar refractivity (Wildman–Crippen MR) is 301 cm³/mol. The molecule has 15 N–H and O–H groups in total. The topological polar surface area (TPSA) is 447 Å². The number of phosphoric ester groups is 1. The summed E-state index contributed by atoms with van der Waals surface area (Å²) in [5.41, 5.74) is 0. The third kappa shape index (κ3) is 25.0. The standard InChI is InChI=1S/C57H105O28P/c1-3-5-7-9-11-13-15-16-18-19-21-23-25-27-38(60)76-31-34(79-39(61)28-26-24-22-20-17-14-12-10-8-6-4-2)32-78-86(74,75)85-54-52(83-56-50(72)44(66)41(63)36(30-59)81-56)47(69)46(68)48(70)53(54)84-57-51(73)45(67)42(64)37(82-57)33-77-55-49(71)43(65)40(62)35(29-58)80-55/h34-37,40-59,62-73H,3-33H2,1-2H3,(H,74,75)/t34-,35?,36?,37?,40+,41-,42+,43?,44?,45?,46+,47?,48?,49+,50-,51+,52-,53?,54+,55-,56-,57+/m1/s1.